The van der Waals surface area contributed by atoms with Crippen LogP contribution in [-0.2, 0) is 9.59 Å². The Balaban J connectivity index is 2.06. The monoisotopic (exact) mass is 276 g/mol. The molecule has 2 amide bonds. The van der Waals surface area contributed by atoms with Crippen LogP contribution in [0.5, 0.6) is 0 Å². The number of aliphatic hydroxyl groups is 1. The van der Waals surface area contributed by atoms with Crippen molar-refractivity contribution in [2.75, 3.05) is 23.4 Å². The third-order valence-electron chi connectivity index (χ3n) is 3.41. The molecular formula is C15H20N2O3. The third kappa shape index (κ3) is 3.36. The summed E-state index contributed by atoms with van der Waals surface area (Å²) in [6, 6.07) is 5.56. The minimum absolute atomic E-state index is 0.0163. The predicted molar refractivity (Wildman–Crippen MR) is 77.7 cm³/mol. The average molecular weight is 276 g/mol. The smallest absolute Gasteiger partial charge is 0.227 e. The Bertz CT molecular complexity index is 514. The summed E-state index contributed by atoms with van der Waals surface area (Å²) in [6.45, 7) is 2.72. The number of hydrogen-bond acceptors (Lipinski definition) is 3. The van der Waals surface area contributed by atoms with Gasteiger partial charge in [0.25, 0.3) is 0 Å². The van der Waals surface area contributed by atoms with E-state index in [0.29, 0.717) is 19.3 Å². The highest BCUT2D eigenvalue weighted by atomic mass is 16.3. The molecule has 5 nitrogen and oxygen atoms in total. The van der Waals surface area contributed by atoms with E-state index < -0.39 is 0 Å². The van der Waals surface area contributed by atoms with Crippen molar-refractivity contribution in [1.82, 2.24) is 0 Å². The normalized spacial score (nSPS) is 14.7. The summed E-state index contributed by atoms with van der Waals surface area (Å²) in [5.74, 6) is 0.0521. The fraction of sp³-hybridized carbons (Fsp3) is 0.467. The predicted octanol–water partition coefficient (Wildman–Crippen LogP) is 1.83. The molecule has 2 N–H and O–H groups in total. The lowest BCUT2D eigenvalue weighted by Crippen LogP contribution is -2.24. The highest BCUT2D eigenvalue weighted by Crippen LogP contribution is 2.27. The Morgan fingerprint density at radius 3 is 2.85 bits per heavy atom. The quantitative estimate of drug-likeness (QED) is 0.862. The van der Waals surface area contributed by atoms with Gasteiger partial charge in [0.05, 0.1) is 0 Å². The van der Waals surface area contributed by atoms with E-state index in [1.165, 1.54) is 0 Å². The van der Waals surface area contributed by atoms with Gasteiger partial charge in [-0.3, -0.25) is 9.59 Å². The number of nitrogens with one attached hydrogen (secondary N) is 1. The molecule has 0 aromatic heterocycles. The number of hydrogen-bond donors (Lipinski definition) is 2. The Morgan fingerprint density at radius 2 is 2.25 bits per heavy atom. The van der Waals surface area contributed by atoms with Gasteiger partial charge in [0.15, 0.2) is 0 Å². The summed E-state index contributed by atoms with van der Waals surface area (Å²) in [7, 11) is 0. The van der Waals surface area contributed by atoms with Crippen molar-refractivity contribution in [3.05, 3.63) is 23.8 Å². The molecule has 0 radical (unpaired) electrons. The maximum atomic E-state index is 11.7. The molecule has 0 unspecified atom stereocenters. The number of aliphatic hydroxyl groups excluding tert-OH is 1. The van der Waals surface area contributed by atoms with Crippen LogP contribution in [0.15, 0.2) is 18.2 Å². The van der Waals surface area contributed by atoms with Gasteiger partial charge < -0.3 is 15.3 Å². The summed E-state index contributed by atoms with van der Waals surface area (Å²) in [4.78, 5) is 25.1. The van der Waals surface area contributed by atoms with Crippen LogP contribution in [0.1, 0.15) is 31.2 Å². The molecule has 0 spiro atoms. The van der Waals surface area contributed by atoms with Gasteiger partial charge in [0.2, 0.25) is 11.8 Å². The summed E-state index contributed by atoms with van der Waals surface area (Å²) in [5, 5.41) is 11.5. The summed E-state index contributed by atoms with van der Waals surface area (Å²) >= 11 is 0. The van der Waals surface area contributed by atoms with Gasteiger partial charge in [-0.05, 0) is 43.5 Å². The Labute approximate surface area is 118 Å². The molecule has 0 saturated carbocycles. The number of carbonyl (C=O) groups excluding carboxylic acids is 2. The number of carbonyl (C=O) groups is 2. The van der Waals surface area contributed by atoms with E-state index in [0.717, 1.165) is 29.9 Å². The Morgan fingerprint density at radius 1 is 1.45 bits per heavy atom. The first-order valence-corrected chi connectivity index (χ1v) is 6.93. The van der Waals surface area contributed by atoms with Gasteiger partial charge in [-0.1, -0.05) is 0 Å². The van der Waals surface area contributed by atoms with Crippen molar-refractivity contribution in [3.63, 3.8) is 0 Å². The number of aryl methyl sites for hydroxylation is 1. The first-order chi connectivity index (χ1) is 9.61. The highest BCUT2D eigenvalue weighted by molar-refractivity contribution is 5.97. The SMILES string of the molecule is Cc1cc(NC(=O)CCCO)ccc1N1CCCC1=O. The molecule has 0 atom stereocenters. The second kappa shape index (κ2) is 6.52. The lowest BCUT2D eigenvalue weighted by Gasteiger charge is -2.19. The van der Waals surface area contributed by atoms with Gasteiger partial charge in [-0.15, -0.1) is 0 Å². The number of benzene rings is 1. The van der Waals surface area contributed by atoms with Crippen LogP contribution in [0.25, 0.3) is 0 Å². The largest absolute Gasteiger partial charge is 0.396 e. The molecule has 108 valence electrons. The molecule has 1 aliphatic heterocycles. The van der Waals surface area contributed by atoms with Crippen molar-refractivity contribution in [3.8, 4) is 0 Å². The molecule has 1 fully saturated rings. The molecule has 0 aliphatic carbocycles. The van der Waals surface area contributed by atoms with Gasteiger partial charge in [-0.2, -0.15) is 0 Å². The topological polar surface area (TPSA) is 69.6 Å². The van der Waals surface area contributed by atoms with Crippen molar-refractivity contribution < 1.29 is 14.7 Å². The zero-order valence-electron chi connectivity index (χ0n) is 11.7. The lowest BCUT2D eigenvalue weighted by molar-refractivity contribution is -0.117. The maximum absolute atomic E-state index is 11.7. The van der Waals surface area contributed by atoms with Crippen molar-refractivity contribution >= 4 is 23.2 Å². The molecule has 5 heteroatoms. The van der Waals surface area contributed by atoms with Gasteiger partial charge >= 0.3 is 0 Å². The number of anilines is 2. The van der Waals surface area contributed by atoms with Gasteiger partial charge in [0.1, 0.15) is 0 Å². The van der Waals surface area contributed by atoms with E-state index in [4.69, 9.17) is 5.11 Å². The summed E-state index contributed by atoms with van der Waals surface area (Å²) in [6.07, 6.45) is 2.28. The Kier molecular flexibility index (Phi) is 4.74. The van der Waals surface area contributed by atoms with Crippen molar-refractivity contribution in [2.45, 2.75) is 32.6 Å². The molecule has 1 saturated heterocycles. The minimum Gasteiger partial charge on any atom is -0.396 e. The van der Waals surface area contributed by atoms with Crippen LogP contribution < -0.4 is 10.2 Å². The summed E-state index contributed by atoms with van der Waals surface area (Å²) in [5.41, 5.74) is 2.61. The fourth-order valence-corrected chi connectivity index (χ4v) is 2.40. The van der Waals surface area contributed by atoms with Crippen LogP contribution in [-0.4, -0.2) is 30.1 Å². The van der Waals surface area contributed by atoms with E-state index in [-0.39, 0.29) is 18.4 Å². The third-order valence-corrected chi connectivity index (χ3v) is 3.41. The molecule has 1 aromatic carbocycles. The second-order valence-corrected chi connectivity index (χ2v) is 5.03. The zero-order valence-corrected chi connectivity index (χ0v) is 11.7. The first-order valence-electron chi connectivity index (χ1n) is 6.93. The number of nitrogens with zero attached hydrogens (tertiary/aromatic N) is 1. The molecule has 0 bridgehead atoms. The van der Waals surface area contributed by atoms with E-state index in [1.807, 2.05) is 25.1 Å². The van der Waals surface area contributed by atoms with E-state index in [9.17, 15) is 9.59 Å². The molecule has 1 aromatic rings. The average Bonchev–Trinajstić information content (AvgIpc) is 2.83. The van der Waals surface area contributed by atoms with Crippen molar-refractivity contribution in [2.24, 2.45) is 0 Å². The van der Waals surface area contributed by atoms with E-state index >= 15 is 0 Å². The van der Waals surface area contributed by atoms with Gasteiger partial charge in [-0.25, -0.2) is 0 Å². The van der Waals surface area contributed by atoms with Crippen LogP contribution >= 0.6 is 0 Å². The minimum atomic E-state index is -0.108. The first kappa shape index (κ1) is 14.5. The number of amides is 2. The molecule has 20 heavy (non-hydrogen) atoms. The maximum Gasteiger partial charge on any atom is 0.227 e. The highest BCUT2D eigenvalue weighted by Gasteiger charge is 2.22. The van der Waals surface area contributed by atoms with Gasteiger partial charge in [0, 0.05) is 37.4 Å². The molecule has 1 aliphatic rings. The van der Waals surface area contributed by atoms with Crippen molar-refractivity contribution in [1.29, 1.82) is 0 Å². The second-order valence-electron chi connectivity index (χ2n) is 5.03. The zero-order chi connectivity index (χ0) is 14.5. The van der Waals surface area contributed by atoms with E-state index in [2.05, 4.69) is 5.32 Å². The lowest BCUT2D eigenvalue weighted by atomic mass is 10.1. The standard InChI is InChI=1S/C15H20N2O3/c1-11-10-12(16-14(19)4-3-9-18)6-7-13(11)17-8-2-5-15(17)20/h6-7,10,18H,2-5,8-9H2,1H3,(H,16,19). The van der Waals surface area contributed by atoms with Crippen LogP contribution in [0.4, 0.5) is 11.4 Å². The van der Waals surface area contributed by atoms with Crippen LogP contribution in [0.2, 0.25) is 0 Å². The van der Waals surface area contributed by atoms with Crippen LogP contribution in [0.3, 0.4) is 0 Å². The van der Waals surface area contributed by atoms with E-state index in [1.54, 1.807) is 4.90 Å². The molecular weight excluding hydrogens is 256 g/mol. The summed E-state index contributed by atoms with van der Waals surface area (Å²) < 4.78 is 0. The van der Waals surface area contributed by atoms with Crippen LogP contribution in [0, 0.1) is 6.92 Å². The Hall–Kier alpha value is -1.88. The molecule has 2 rings (SSSR count). The fourth-order valence-electron chi connectivity index (χ4n) is 2.40. The number of rotatable bonds is 5. The molecule has 1 heterocycles.